The maximum absolute atomic E-state index is 11.2. The molecule has 0 heterocycles. The second-order valence-corrected chi connectivity index (χ2v) is 5.62. The van der Waals surface area contributed by atoms with Gasteiger partial charge in [-0.05, 0) is 42.8 Å². The van der Waals surface area contributed by atoms with Gasteiger partial charge in [0.25, 0.3) is 0 Å². The Kier molecular flexibility index (Phi) is 5.36. The van der Waals surface area contributed by atoms with E-state index < -0.39 is 12.5 Å². The smallest absolute Gasteiger partial charge is 0.250 e. The number of benzene rings is 2. The first kappa shape index (κ1) is 15.5. The molecule has 1 atom stereocenters. The van der Waals surface area contributed by atoms with Crippen LogP contribution in [0.25, 0.3) is 0 Å². The van der Waals surface area contributed by atoms with E-state index in [2.05, 4.69) is 45.6 Å². The number of carbonyl (C=O) groups is 1. The predicted molar refractivity (Wildman–Crippen MR) is 88.3 cm³/mol. The first-order chi connectivity index (χ1) is 10.1. The van der Waals surface area contributed by atoms with Gasteiger partial charge in [-0.25, -0.2) is 0 Å². The molecule has 0 spiro atoms. The average Bonchev–Trinajstić information content (AvgIpc) is 2.48. The molecule has 110 valence electrons. The van der Waals surface area contributed by atoms with E-state index in [1.54, 1.807) is 6.07 Å². The van der Waals surface area contributed by atoms with E-state index in [1.165, 1.54) is 5.56 Å². The van der Waals surface area contributed by atoms with Crippen molar-refractivity contribution in [1.29, 1.82) is 0 Å². The summed E-state index contributed by atoms with van der Waals surface area (Å²) in [5, 5.41) is 14.7. The van der Waals surface area contributed by atoms with Crippen LogP contribution >= 0.6 is 15.9 Å². The van der Waals surface area contributed by atoms with Crippen molar-refractivity contribution < 1.29 is 9.90 Å². The molecule has 0 bridgehead atoms. The molecule has 2 aromatic carbocycles. The van der Waals surface area contributed by atoms with Crippen LogP contribution in [0.4, 0.5) is 11.4 Å². The van der Waals surface area contributed by atoms with E-state index in [9.17, 15) is 4.79 Å². The lowest BCUT2D eigenvalue weighted by atomic mass is 10.1. The fourth-order valence-electron chi connectivity index (χ4n) is 1.97. The number of hydrogen-bond donors (Lipinski definition) is 3. The van der Waals surface area contributed by atoms with Gasteiger partial charge in [0.15, 0.2) is 0 Å². The highest BCUT2D eigenvalue weighted by Crippen LogP contribution is 2.23. The van der Waals surface area contributed by atoms with Gasteiger partial charge in [0.05, 0.1) is 0 Å². The van der Waals surface area contributed by atoms with Gasteiger partial charge in [-0.1, -0.05) is 34.1 Å². The maximum atomic E-state index is 11.2. The first-order valence-electron chi connectivity index (χ1n) is 6.61. The number of amides is 1. The van der Waals surface area contributed by atoms with Crippen LogP contribution in [-0.2, 0) is 4.79 Å². The Balaban J connectivity index is 2.06. The summed E-state index contributed by atoms with van der Waals surface area (Å²) in [4.78, 5) is 11.2. The maximum Gasteiger partial charge on any atom is 0.250 e. The van der Waals surface area contributed by atoms with E-state index in [1.807, 2.05) is 30.3 Å². The van der Waals surface area contributed by atoms with Gasteiger partial charge < -0.3 is 15.7 Å². The summed E-state index contributed by atoms with van der Waals surface area (Å²) >= 11 is 3.42. The van der Waals surface area contributed by atoms with Crippen LogP contribution in [0.5, 0.6) is 0 Å². The van der Waals surface area contributed by atoms with E-state index in [4.69, 9.17) is 5.11 Å². The Morgan fingerprint density at radius 3 is 2.52 bits per heavy atom. The molecule has 1 unspecified atom stereocenters. The quantitative estimate of drug-likeness (QED) is 0.774. The molecule has 2 rings (SSSR count). The fraction of sp³-hybridized carbons (Fsp3) is 0.188. The SMILES string of the molecule is CC(Nc1cccc(NC(=O)CO)c1)c1ccc(Br)cc1. The van der Waals surface area contributed by atoms with Gasteiger partial charge in [-0.15, -0.1) is 0 Å². The summed E-state index contributed by atoms with van der Waals surface area (Å²) < 4.78 is 1.05. The minimum absolute atomic E-state index is 0.141. The largest absolute Gasteiger partial charge is 0.387 e. The molecule has 21 heavy (non-hydrogen) atoms. The Morgan fingerprint density at radius 1 is 1.19 bits per heavy atom. The third kappa shape index (κ3) is 4.58. The third-order valence-corrected chi connectivity index (χ3v) is 3.57. The molecule has 0 aliphatic rings. The van der Waals surface area contributed by atoms with E-state index >= 15 is 0 Å². The number of rotatable bonds is 5. The van der Waals surface area contributed by atoms with Crippen LogP contribution in [0.15, 0.2) is 53.0 Å². The number of anilines is 2. The second-order valence-electron chi connectivity index (χ2n) is 4.70. The summed E-state index contributed by atoms with van der Waals surface area (Å²) in [5.41, 5.74) is 2.73. The number of aliphatic hydroxyl groups is 1. The van der Waals surface area contributed by atoms with Crippen molar-refractivity contribution in [1.82, 2.24) is 0 Å². The van der Waals surface area contributed by atoms with E-state index in [0.29, 0.717) is 5.69 Å². The van der Waals surface area contributed by atoms with Crippen LogP contribution in [0.2, 0.25) is 0 Å². The Bertz CT molecular complexity index is 614. The lowest BCUT2D eigenvalue weighted by molar-refractivity contribution is -0.118. The average molecular weight is 349 g/mol. The van der Waals surface area contributed by atoms with Crippen molar-refractivity contribution >= 4 is 33.2 Å². The Hall–Kier alpha value is -1.85. The van der Waals surface area contributed by atoms with Gasteiger partial charge in [-0.3, -0.25) is 4.79 Å². The molecule has 0 aromatic heterocycles. The van der Waals surface area contributed by atoms with Crippen molar-refractivity contribution in [2.24, 2.45) is 0 Å². The van der Waals surface area contributed by atoms with Crippen LogP contribution in [0.1, 0.15) is 18.5 Å². The number of hydrogen-bond acceptors (Lipinski definition) is 3. The van der Waals surface area contributed by atoms with Crippen LogP contribution in [0.3, 0.4) is 0 Å². The normalized spacial score (nSPS) is 11.8. The second kappa shape index (κ2) is 7.24. The summed E-state index contributed by atoms with van der Waals surface area (Å²) in [6, 6.07) is 15.7. The van der Waals surface area contributed by atoms with Crippen LogP contribution < -0.4 is 10.6 Å². The molecule has 0 radical (unpaired) electrons. The van der Waals surface area contributed by atoms with Gasteiger partial charge >= 0.3 is 0 Å². The molecule has 0 aliphatic carbocycles. The summed E-state index contributed by atoms with van der Waals surface area (Å²) in [6.07, 6.45) is 0. The minimum atomic E-state index is -0.521. The number of nitrogens with one attached hydrogen (secondary N) is 2. The lowest BCUT2D eigenvalue weighted by Gasteiger charge is -2.16. The number of carbonyl (C=O) groups excluding carboxylic acids is 1. The molecule has 5 heteroatoms. The zero-order valence-electron chi connectivity index (χ0n) is 11.6. The summed E-state index contributed by atoms with van der Waals surface area (Å²) in [7, 11) is 0. The standard InChI is InChI=1S/C16H17BrN2O2/c1-11(12-5-7-13(17)8-6-12)18-14-3-2-4-15(9-14)19-16(21)10-20/h2-9,11,18,20H,10H2,1H3,(H,19,21). The predicted octanol–water partition coefficient (Wildman–Crippen LogP) is 3.55. The van der Waals surface area contributed by atoms with Crippen LogP contribution in [-0.4, -0.2) is 17.6 Å². The number of aliphatic hydroxyl groups excluding tert-OH is 1. The zero-order valence-corrected chi connectivity index (χ0v) is 13.2. The molecule has 2 aromatic rings. The fourth-order valence-corrected chi connectivity index (χ4v) is 2.24. The van der Waals surface area contributed by atoms with Crippen molar-refractivity contribution in [3.05, 3.63) is 58.6 Å². The molecular formula is C16H17BrN2O2. The highest BCUT2D eigenvalue weighted by Gasteiger charge is 2.06. The summed E-state index contributed by atoms with van der Waals surface area (Å²) in [6.45, 7) is 1.55. The Morgan fingerprint density at radius 2 is 1.86 bits per heavy atom. The highest BCUT2D eigenvalue weighted by molar-refractivity contribution is 9.10. The first-order valence-corrected chi connectivity index (χ1v) is 7.40. The molecule has 3 N–H and O–H groups in total. The van der Waals surface area contributed by atoms with Crippen molar-refractivity contribution in [3.63, 3.8) is 0 Å². The van der Waals surface area contributed by atoms with Crippen molar-refractivity contribution in [3.8, 4) is 0 Å². The lowest BCUT2D eigenvalue weighted by Crippen LogP contribution is -2.15. The van der Waals surface area contributed by atoms with Crippen LogP contribution in [0, 0.1) is 0 Å². The van der Waals surface area contributed by atoms with E-state index in [-0.39, 0.29) is 6.04 Å². The monoisotopic (exact) mass is 348 g/mol. The molecular weight excluding hydrogens is 332 g/mol. The highest BCUT2D eigenvalue weighted by atomic mass is 79.9. The number of halogens is 1. The molecule has 0 saturated carbocycles. The van der Waals surface area contributed by atoms with Gasteiger partial charge in [0, 0.05) is 21.9 Å². The Labute approximate surface area is 132 Å². The van der Waals surface area contributed by atoms with E-state index in [0.717, 1.165) is 10.2 Å². The molecule has 4 nitrogen and oxygen atoms in total. The molecule has 1 amide bonds. The van der Waals surface area contributed by atoms with Gasteiger partial charge in [0.2, 0.25) is 5.91 Å². The summed E-state index contributed by atoms with van der Waals surface area (Å²) in [5.74, 6) is -0.423. The molecule has 0 saturated heterocycles. The van der Waals surface area contributed by atoms with Crippen molar-refractivity contribution in [2.75, 3.05) is 17.2 Å². The van der Waals surface area contributed by atoms with Crippen molar-refractivity contribution in [2.45, 2.75) is 13.0 Å². The topological polar surface area (TPSA) is 61.4 Å². The van der Waals surface area contributed by atoms with Gasteiger partial charge in [0.1, 0.15) is 6.61 Å². The van der Waals surface area contributed by atoms with Gasteiger partial charge in [-0.2, -0.15) is 0 Å². The minimum Gasteiger partial charge on any atom is -0.387 e. The third-order valence-electron chi connectivity index (χ3n) is 3.04. The molecule has 0 aliphatic heterocycles. The molecule has 0 fully saturated rings. The zero-order chi connectivity index (χ0) is 15.2.